The van der Waals surface area contributed by atoms with Gasteiger partial charge in [-0.3, -0.25) is 0 Å². The molecule has 0 aromatic heterocycles. The van der Waals surface area contributed by atoms with Gasteiger partial charge < -0.3 is 9.31 Å². The summed E-state index contributed by atoms with van der Waals surface area (Å²) in [6.07, 6.45) is 1.88. The predicted molar refractivity (Wildman–Crippen MR) is 75.0 cm³/mol. The molecule has 0 fully saturated rings. The highest BCUT2D eigenvalue weighted by Crippen LogP contribution is 2.16. The number of benzene rings is 2. The summed E-state index contributed by atoms with van der Waals surface area (Å²) in [5.41, 5.74) is 0. The Morgan fingerprint density at radius 1 is 0.778 bits per heavy atom. The van der Waals surface area contributed by atoms with Gasteiger partial charge in [-0.25, -0.2) is 0 Å². The summed E-state index contributed by atoms with van der Waals surface area (Å²) in [7, 11) is -0.236. The van der Waals surface area contributed by atoms with Gasteiger partial charge in [-0.05, 0) is 24.3 Å². The van der Waals surface area contributed by atoms with Gasteiger partial charge >= 0.3 is 7.12 Å². The van der Waals surface area contributed by atoms with E-state index in [-0.39, 0.29) is 7.12 Å². The van der Waals surface area contributed by atoms with Crippen LogP contribution in [0.2, 0.25) is 6.32 Å². The molecule has 0 saturated heterocycles. The standard InChI is InChI=1S/C15H17BO2/c1-2-13-16(17-14-9-5-3-6-10-14)18-15-11-7-4-8-12-15/h3-12H,2,13H2,1H3. The molecule has 0 unspecified atom stereocenters. The second-order valence-electron chi connectivity index (χ2n) is 4.08. The molecular formula is C15H17BO2. The van der Waals surface area contributed by atoms with Crippen LogP contribution < -0.4 is 9.31 Å². The molecule has 0 aliphatic rings. The molecule has 0 radical (unpaired) electrons. The van der Waals surface area contributed by atoms with Crippen molar-refractivity contribution in [1.82, 2.24) is 0 Å². The minimum Gasteiger partial charge on any atom is -0.526 e. The highest BCUT2D eigenvalue weighted by atomic mass is 16.6. The summed E-state index contributed by atoms with van der Waals surface area (Å²) in [5, 5.41) is 0. The van der Waals surface area contributed by atoms with E-state index >= 15 is 0 Å². The van der Waals surface area contributed by atoms with E-state index in [1.165, 1.54) is 0 Å². The lowest BCUT2D eigenvalue weighted by molar-refractivity contribution is 0.420. The third-order valence-corrected chi connectivity index (χ3v) is 2.55. The quantitative estimate of drug-likeness (QED) is 0.709. The van der Waals surface area contributed by atoms with E-state index in [1.54, 1.807) is 0 Å². The van der Waals surface area contributed by atoms with Crippen molar-refractivity contribution in [2.45, 2.75) is 19.7 Å². The first-order valence-corrected chi connectivity index (χ1v) is 6.32. The fourth-order valence-electron chi connectivity index (χ4n) is 1.68. The van der Waals surface area contributed by atoms with Crippen LogP contribution in [0.1, 0.15) is 13.3 Å². The van der Waals surface area contributed by atoms with Crippen LogP contribution in [0.4, 0.5) is 0 Å². The molecule has 0 atom stereocenters. The largest absolute Gasteiger partial charge is 0.594 e. The summed E-state index contributed by atoms with van der Waals surface area (Å²) >= 11 is 0. The van der Waals surface area contributed by atoms with Crippen molar-refractivity contribution in [3.8, 4) is 11.5 Å². The van der Waals surface area contributed by atoms with Gasteiger partial charge in [0.1, 0.15) is 11.5 Å². The van der Waals surface area contributed by atoms with E-state index in [0.717, 1.165) is 24.2 Å². The second kappa shape index (κ2) is 6.75. The minimum absolute atomic E-state index is 0.236. The second-order valence-corrected chi connectivity index (χ2v) is 4.08. The molecule has 0 saturated carbocycles. The molecule has 0 aliphatic heterocycles. The van der Waals surface area contributed by atoms with E-state index in [2.05, 4.69) is 6.92 Å². The molecular weight excluding hydrogens is 223 g/mol. The van der Waals surface area contributed by atoms with Gasteiger partial charge in [-0.1, -0.05) is 49.7 Å². The van der Waals surface area contributed by atoms with Gasteiger partial charge in [-0.15, -0.1) is 0 Å². The summed E-state index contributed by atoms with van der Waals surface area (Å²) in [4.78, 5) is 0. The topological polar surface area (TPSA) is 18.5 Å². The first-order chi connectivity index (χ1) is 8.88. The van der Waals surface area contributed by atoms with Crippen LogP contribution >= 0.6 is 0 Å². The fourth-order valence-corrected chi connectivity index (χ4v) is 1.68. The molecule has 92 valence electrons. The van der Waals surface area contributed by atoms with Crippen LogP contribution in [0.5, 0.6) is 11.5 Å². The summed E-state index contributed by atoms with van der Waals surface area (Å²) < 4.78 is 11.7. The van der Waals surface area contributed by atoms with Crippen LogP contribution in [0, 0.1) is 0 Å². The average Bonchev–Trinajstić information content (AvgIpc) is 2.41. The number of hydrogen-bond acceptors (Lipinski definition) is 2. The van der Waals surface area contributed by atoms with Crippen molar-refractivity contribution in [1.29, 1.82) is 0 Å². The molecule has 0 amide bonds. The highest BCUT2D eigenvalue weighted by Gasteiger charge is 2.21. The molecule has 0 bridgehead atoms. The minimum atomic E-state index is -0.236. The maximum atomic E-state index is 5.84. The van der Waals surface area contributed by atoms with Crippen molar-refractivity contribution in [2.24, 2.45) is 0 Å². The van der Waals surface area contributed by atoms with Crippen LogP contribution in [0.3, 0.4) is 0 Å². The molecule has 0 heterocycles. The Bertz CT molecular complexity index is 403. The first kappa shape index (κ1) is 12.6. The third-order valence-electron chi connectivity index (χ3n) is 2.55. The lowest BCUT2D eigenvalue weighted by Crippen LogP contribution is -2.29. The Morgan fingerprint density at radius 2 is 1.22 bits per heavy atom. The molecule has 3 heteroatoms. The Morgan fingerprint density at radius 3 is 1.61 bits per heavy atom. The smallest absolute Gasteiger partial charge is 0.526 e. The van der Waals surface area contributed by atoms with E-state index in [1.807, 2.05) is 60.7 Å². The summed E-state index contributed by atoms with van der Waals surface area (Å²) in [6.45, 7) is 2.12. The van der Waals surface area contributed by atoms with Crippen LogP contribution in [0.25, 0.3) is 0 Å². The van der Waals surface area contributed by atoms with Crippen molar-refractivity contribution < 1.29 is 9.31 Å². The molecule has 18 heavy (non-hydrogen) atoms. The van der Waals surface area contributed by atoms with E-state index in [9.17, 15) is 0 Å². The molecule has 2 aromatic carbocycles. The number of para-hydroxylation sites is 2. The Balaban J connectivity index is 2.00. The molecule has 0 N–H and O–H groups in total. The maximum absolute atomic E-state index is 5.84. The normalized spacial score (nSPS) is 9.83. The summed E-state index contributed by atoms with van der Waals surface area (Å²) in [6, 6.07) is 19.5. The van der Waals surface area contributed by atoms with Gasteiger partial charge in [0.05, 0.1) is 0 Å². The zero-order valence-electron chi connectivity index (χ0n) is 10.6. The van der Waals surface area contributed by atoms with E-state index in [0.29, 0.717) is 0 Å². The number of rotatable bonds is 6. The average molecular weight is 240 g/mol. The van der Waals surface area contributed by atoms with Crippen molar-refractivity contribution in [3.05, 3.63) is 60.7 Å². The lowest BCUT2D eigenvalue weighted by Gasteiger charge is -2.16. The Hall–Kier alpha value is -1.90. The van der Waals surface area contributed by atoms with Crippen LogP contribution in [0.15, 0.2) is 60.7 Å². The molecule has 0 aliphatic carbocycles. The lowest BCUT2D eigenvalue weighted by atomic mass is 9.83. The maximum Gasteiger partial charge on any atom is 0.594 e. The molecule has 2 rings (SSSR count). The Labute approximate surface area is 109 Å². The van der Waals surface area contributed by atoms with Gasteiger partial charge in [0.15, 0.2) is 0 Å². The molecule has 2 aromatic rings. The van der Waals surface area contributed by atoms with E-state index in [4.69, 9.17) is 9.31 Å². The van der Waals surface area contributed by atoms with Crippen molar-refractivity contribution >= 4 is 7.12 Å². The van der Waals surface area contributed by atoms with Crippen molar-refractivity contribution in [3.63, 3.8) is 0 Å². The third kappa shape index (κ3) is 3.84. The highest BCUT2D eigenvalue weighted by molar-refractivity contribution is 6.46. The Kier molecular flexibility index (Phi) is 4.71. The first-order valence-electron chi connectivity index (χ1n) is 6.32. The zero-order chi connectivity index (χ0) is 12.6. The van der Waals surface area contributed by atoms with Gasteiger partial charge in [0, 0.05) is 6.32 Å². The summed E-state index contributed by atoms with van der Waals surface area (Å²) in [5.74, 6) is 1.68. The number of hydrogen-bond donors (Lipinski definition) is 0. The van der Waals surface area contributed by atoms with Gasteiger partial charge in [-0.2, -0.15) is 0 Å². The van der Waals surface area contributed by atoms with Gasteiger partial charge in [0.25, 0.3) is 0 Å². The fraction of sp³-hybridized carbons (Fsp3) is 0.200. The van der Waals surface area contributed by atoms with Crippen LogP contribution in [-0.2, 0) is 0 Å². The van der Waals surface area contributed by atoms with Gasteiger partial charge in [0.2, 0.25) is 0 Å². The van der Waals surface area contributed by atoms with Crippen molar-refractivity contribution in [2.75, 3.05) is 0 Å². The van der Waals surface area contributed by atoms with Crippen LogP contribution in [-0.4, -0.2) is 7.12 Å². The SMILES string of the molecule is CCCB(Oc1ccccc1)Oc1ccccc1. The predicted octanol–water partition coefficient (Wildman–Crippen LogP) is 4.04. The zero-order valence-corrected chi connectivity index (χ0v) is 10.6. The monoisotopic (exact) mass is 240 g/mol. The molecule has 0 spiro atoms. The molecule has 2 nitrogen and oxygen atoms in total. The van der Waals surface area contributed by atoms with E-state index < -0.39 is 0 Å².